The Morgan fingerprint density at radius 1 is 1.50 bits per heavy atom. The molecular formula is C10H16N4O2. The highest BCUT2D eigenvalue weighted by Gasteiger charge is 2.01. The van der Waals surface area contributed by atoms with Crippen LogP contribution in [0.25, 0.3) is 0 Å². The lowest BCUT2D eigenvalue weighted by molar-refractivity contribution is -0.138. The summed E-state index contributed by atoms with van der Waals surface area (Å²) in [5.74, 6) is 0.817. The van der Waals surface area contributed by atoms with Gasteiger partial charge in [0.25, 0.3) is 0 Å². The highest BCUT2D eigenvalue weighted by atomic mass is 16.5. The maximum Gasteiger partial charge on any atom is 0.325 e. The van der Waals surface area contributed by atoms with Crippen molar-refractivity contribution in [3.8, 4) is 0 Å². The lowest BCUT2D eigenvalue weighted by Gasteiger charge is -2.06. The number of rotatable bonds is 6. The predicted octanol–water partition coefficient (Wildman–Crippen LogP) is 0.883. The van der Waals surface area contributed by atoms with Crippen molar-refractivity contribution >= 4 is 17.7 Å². The fourth-order valence-corrected chi connectivity index (χ4v) is 1.01. The van der Waals surface area contributed by atoms with E-state index in [2.05, 4.69) is 32.3 Å². The molecule has 1 rings (SSSR count). The molecule has 0 spiro atoms. The van der Waals surface area contributed by atoms with Crippen LogP contribution in [-0.4, -0.2) is 36.1 Å². The topological polar surface area (TPSA) is 76.1 Å². The first kappa shape index (κ1) is 12.2. The van der Waals surface area contributed by atoms with Crippen LogP contribution in [0.5, 0.6) is 0 Å². The number of nitrogens with zero attached hydrogens (tertiary/aromatic N) is 2. The molecule has 88 valence electrons. The molecule has 0 amide bonds. The monoisotopic (exact) mass is 224 g/mol. The van der Waals surface area contributed by atoms with E-state index >= 15 is 0 Å². The minimum Gasteiger partial charge on any atom is -0.468 e. The molecule has 0 unspecified atom stereocenters. The second-order valence-electron chi connectivity index (χ2n) is 3.12. The second-order valence-corrected chi connectivity index (χ2v) is 3.12. The summed E-state index contributed by atoms with van der Waals surface area (Å²) in [6.07, 6.45) is 2.63. The summed E-state index contributed by atoms with van der Waals surface area (Å²) in [6, 6.07) is 1.69. The zero-order chi connectivity index (χ0) is 11.8. The van der Waals surface area contributed by atoms with Gasteiger partial charge in [-0.25, -0.2) is 4.98 Å². The number of carbonyl (C=O) groups excluding carboxylic acids is 1. The Hall–Kier alpha value is -1.85. The van der Waals surface area contributed by atoms with E-state index in [-0.39, 0.29) is 12.5 Å². The van der Waals surface area contributed by atoms with Crippen LogP contribution in [-0.2, 0) is 9.53 Å². The third-order valence-electron chi connectivity index (χ3n) is 1.83. The summed E-state index contributed by atoms with van der Waals surface area (Å²) in [5, 5.41) is 5.90. The van der Waals surface area contributed by atoms with E-state index in [0.717, 1.165) is 13.0 Å². The fourth-order valence-electron chi connectivity index (χ4n) is 1.01. The van der Waals surface area contributed by atoms with Gasteiger partial charge in [-0.2, -0.15) is 4.98 Å². The highest BCUT2D eigenvalue weighted by molar-refractivity contribution is 5.74. The van der Waals surface area contributed by atoms with Crippen LogP contribution in [0.1, 0.15) is 13.3 Å². The SMILES string of the molecule is CCCNc1nccc(NCC(=O)OC)n1. The minimum atomic E-state index is -0.332. The van der Waals surface area contributed by atoms with Crippen LogP contribution in [0.15, 0.2) is 12.3 Å². The fraction of sp³-hybridized carbons (Fsp3) is 0.500. The lowest BCUT2D eigenvalue weighted by Crippen LogP contribution is -2.16. The first-order chi connectivity index (χ1) is 7.76. The number of nitrogens with one attached hydrogen (secondary N) is 2. The highest BCUT2D eigenvalue weighted by Crippen LogP contribution is 2.05. The number of hydrogen-bond acceptors (Lipinski definition) is 6. The molecule has 6 heteroatoms. The Kier molecular flexibility index (Phi) is 5.04. The first-order valence-corrected chi connectivity index (χ1v) is 5.14. The maximum atomic E-state index is 10.9. The number of anilines is 2. The largest absolute Gasteiger partial charge is 0.468 e. The van der Waals surface area contributed by atoms with Gasteiger partial charge in [0.1, 0.15) is 12.4 Å². The minimum absolute atomic E-state index is 0.0979. The van der Waals surface area contributed by atoms with Gasteiger partial charge in [-0.1, -0.05) is 6.92 Å². The van der Waals surface area contributed by atoms with Crippen molar-refractivity contribution in [3.63, 3.8) is 0 Å². The average molecular weight is 224 g/mol. The zero-order valence-electron chi connectivity index (χ0n) is 9.49. The molecule has 0 aliphatic heterocycles. The van der Waals surface area contributed by atoms with Crippen molar-refractivity contribution in [1.29, 1.82) is 0 Å². The van der Waals surface area contributed by atoms with E-state index in [1.54, 1.807) is 12.3 Å². The summed E-state index contributed by atoms with van der Waals surface area (Å²) in [7, 11) is 1.35. The van der Waals surface area contributed by atoms with Gasteiger partial charge in [-0.05, 0) is 12.5 Å². The molecule has 0 radical (unpaired) electrons. The molecule has 2 N–H and O–H groups in total. The number of carbonyl (C=O) groups is 1. The third-order valence-corrected chi connectivity index (χ3v) is 1.83. The normalized spacial score (nSPS) is 9.62. The molecule has 0 saturated carbocycles. The van der Waals surface area contributed by atoms with Crippen LogP contribution in [0, 0.1) is 0 Å². The van der Waals surface area contributed by atoms with E-state index in [0.29, 0.717) is 11.8 Å². The van der Waals surface area contributed by atoms with Gasteiger partial charge in [0.15, 0.2) is 0 Å². The number of esters is 1. The Morgan fingerprint density at radius 2 is 2.31 bits per heavy atom. The molecule has 1 aromatic rings. The van der Waals surface area contributed by atoms with Crippen molar-refractivity contribution < 1.29 is 9.53 Å². The van der Waals surface area contributed by atoms with Crippen LogP contribution in [0.2, 0.25) is 0 Å². The molecule has 0 atom stereocenters. The number of methoxy groups -OCH3 is 1. The van der Waals surface area contributed by atoms with Gasteiger partial charge in [-0.15, -0.1) is 0 Å². The number of hydrogen-bond donors (Lipinski definition) is 2. The van der Waals surface area contributed by atoms with Crippen molar-refractivity contribution in [2.75, 3.05) is 30.8 Å². The molecule has 0 aliphatic carbocycles. The summed E-state index contributed by atoms with van der Waals surface area (Å²) in [5.41, 5.74) is 0. The van der Waals surface area contributed by atoms with Gasteiger partial charge in [-0.3, -0.25) is 4.79 Å². The Balaban J connectivity index is 2.50. The van der Waals surface area contributed by atoms with Gasteiger partial charge < -0.3 is 15.4 Å². The number of aromatic nitrogens is 2. The van der Waals surface area contributed by atoms with Gasteiger partial charge in [0.2, 0.25) is 5.95 Å². The Morgan fingerprint density at radius 3 is 3.00 bits per heavy atom. The Labute approximate surface area is 94.4 Å². The van der Waals surface area contributed by atoms with Gasteiger partial charge >= 0.3 is 5.97 Å². The molecule has 0 aromatic carbocycles. The summed E-state index contributed by atoms with van der Waals surface area (Å²) < 4.78 is 4.51. The van der Waals surface area contributed by atoms with Crippen LogP contribution >= 0.6 is 0 Å². The van der Waals surface area contributed by atoms with Gasteiger partial charge in [0, 0.05) is 12.7 Å². The van der Waals surface area contributed by atoms with Crippen molar-refractivity contribution in [3.05, 3.63) is 12.3 Å². The second kappa shape index (κ2) is 6.60. The molecule has 0 bridgehead atoms. The predicted molar refractivity (Wildman–Crippen MR) is 61.3 cm³/mol. The standard InChI is InChI=1S/C10H16N4O2/c1-3-5-11-10-12-6-4-8(14-10)13-7-9(15)16-2/h4,6H,3,5,7H2,1-2H3,(H2,11,12,13,14). The molecule has 1 aromatic heterocycles. The van der Waals surface area contributed by atoms with E-state index < -0.39 is 0 Å². The van der Waals surface area contributed by atoms with Crippen LogP contribution < -0.4 is 10.6 Å². The Bertz CT molecular complexity index is 343. The average Bonchev–Trinajstić information content (AvgIpc) is 2.34. The van der Waals surface area contributed by atoms with Crippen LogP contribution in [0.3, 0.4) is 0 Å². The van der Waals surface area contributed by atoms with Crippen LogP contribution in [0.4, 0.5) is 11.8 Å². The molecular weight excluding hydrogens is 208 g/mol. The van der Waals surface area contributed by atoms with E-state index in [9.17, 15) is 4.79 Å². The molecule has 1 heterocycles. The maximum absolute atomic E-state index is 10.9. The molecule has 16 heavy (non-hydrogen) atoms. The van der Waals surface area contributed by atoms with E-state index in [1.807, 2.05) is 0 Å². The molecule has 0 fully saturated rings. The van der Waals surface area contributed by atoms with Gasteiger partial charge in [0.05, 0.1) is 7.11 Å². The van der Waals surface area contributed by atoms with E-state index in [1.165, 1.54) is 7.11 Å². The smallest absolute Gasteiger partial charge is 0.325 e. The first-order valence-electron chi connectivity index (χ1n) is 5.14. The summed E-state index contributed by atoms with van der Waals surface area (Å²) in [4.78, 5) is 19.1. The molecule has 0 saturated heterocycles. The van der Waals surface area contributed by atoms with E-state index in [4.69, 9.17) is 0 Å². The zero-order valence-corrected chi connectivity index (χ0v) is 9.49. The quantitative estimate of drug-likeness (QED) is 0.699. The number of ether oxygens (including phenoxy) is 1. The molecule has 0 aliphatic rings. The summed E-state index contributed by atoms with van der Waals surface area (Å²) in [6.45, 7) is 2.98. The summed E-state index contributed by atoms with van der Waals surface area (Å²) >= 11 is 0. The third kappa shape index (κ3) is 4.12. The van der Waals surface area contributed by atoms with Crippen molar-refractivity contribution in [2.45, 2.75) is 13.3 Å². The van der Waals surface area contributed by atoms with Crippen molar-refractivity contribution in [1.82, 2.24) is 9.97 Å². The lowest BCUT2D eigenvalue weighted by atomic mass is 10.5. The van der Waals surface area contributed by atoms with Crippen molar-refractivity contribution in [2.24, 2.45) is 0 Å². The molecule has 6 nitrogen and oxygen atoms in total.